The van der Waals surface area contributed by atoms with Gasteiger partial charge in [0.05, 0.1) is 0 Å². The summed E-state index contributed by atoms with van der Waals surface area (Å²) in [6, 6.07) is 19.5. The van der Waals surface area contributed by atoms with E-state index in [0.717, 1.165) is 24.6 Å². The number of aryl methyl sites for hydroxylation is 2. The summed E-state index contributed by atoms with van der Waals surface area (Å²) in [5.41, 5.74) is 3.60. The number of halogens is 3. The van der Waals surface area contributed by atoms with Gasteiger partial charge in [0.1, 0.15) is 6.67 Å². The molecule has 0 aliphatic heterocycles. The van der Waals surface area contributed by atoms with Crippen LogP contribution in [0.3, 0.4) is 0 Å². The first-order chi connectivity index (χ1) is 16.6. The second-order valence-electron chi connectivity index (χ2n) is 8.25. The van der Waals surface area contributed by atoms with Crippen molar-refractivity contribution < 1.29 is 13.2 Å². The number of benzene rings is 2. The second kappa shape index (κ2) is 11.0. The van der Waals surface area contributed by atoms with Crippen molar-refractivity contribution in [1.82, 2.24) is 9.13 Å². The standard InChI is InChI=1S/C14H13F2NO.C14H14FNO/c1-10-3-8-13(18)17(9-10)12-6-4-11(5-7-12)14(2,15)16;1-2-11-3-6-13(7-4-11)16-10-12(9-15)5-8-14(16)17/h3-9H,1-2H3;3-8,10H,2,9H2,1H3. The van der Waals surface area contributed by atoms with Crippen LogP contribution in [0.2, 0.25) is 0 Å². The van der Waals surface area contributed by atoms with Crippen molar-refractivity contribution in [3.8, 4) is 11.4 Å². The molecule has 2 heterocycles. The third kappa shape index (κ3) is 6.59. The summed E-state index contributed by atoms with van der Waals surface area (Å²) in [6.45, 7) is 4.23. The molecule has 4 rings (SSSR count). The van der Waals surface area contributed by atoms with E-state index in [1.165, 1.54) is 57.2 Å². The second-order valence-corrected chi connectivity index (χ2v) is 8.25. The van der Waals surface area contributed by atoms with E-state index in [4.69, 9.17) is 0 Å². The van der Waals surface area contributed by atoms with Gasteiger partial charge >= 0.3 is 0 Å². The molecular formula is C28H27F3N2O2. The molecule has 182 valence electrons. The summed E-state index contributed by atoms with van der Waals surface area (Å²) in [6.07, 6.45) is 4.18. The van der Waals surface area contributed by atoms with Crippen LogP contribution in [-0.2, 0) is 19.0 Å². The molecule has 0 saturated carbocycles. The molecule has 4 nitrogen and oxygen atoms in total. The van der Waals surface area contributed by atoms with Crippen LogP contribution < -0.4 is 11.1 Å². The maximum Gasteiger partial charge on any atom is 0.270 e. The zero-order chi connectivity index (χ0) is 25.6. The van der Waals surface area contributed by atoms with Gasteiger partial charge in [-0.1, -0.05) is 37.3 Å². The molecule has 2 aromatic carbocycles. The zero-order valence-electron chi connectivity index (χ0n) is 19.8. The van der Waals surface area contributed by atoms with Gasteiger partial charge in [0, 0.05) is 48.4 Å². The van der Waals surface area contributed by atoms with Crippen LogP contribution in [0.15, 0.2) is 94.8 Å². The van der Waals surface area contributed by atoms with Gasteiger partial charge < -0.3 is 0 Å². The Morgan fingerprint density at radius 2 is 1.20 bits per heavy atom. The minimum atomic E-state index is -2.86. The highest BCUT2D eigenvalue weighted by atomic mass is 19.3. The van der Waals surface area contributed by atoms with Crippen LogP contribution in [0.1, 0.15) is 36.1 Å². The topological polar surface area (TPSA) is 44.0 Å². The highest BCUT2D eigenvalue weighted by Gasteiger charge is 2.23. The van der Waals surface area contributed by atoms with Gasteiger partial charge in [-0.15, -0.1) is 0 Å². The molecule has 35 heavy (non-hydrogen) atoms. The molecule has 0 bridgehead atoms. The summed E-state index contributed by atoms with van der Waals surface area (Å²) in [5.74, 6) is -2.86. The number of hydrogen-bond acceptors (Lipinski definition) is 2. The molecule has 2 aromatic heterocycles. The highest BCUT2D eigenvalue weighted by molar-refractivity contribution is 5.37. The smallest absolute Gasteiger partial charge is 0.270 e. The van der Waals surface area contributed by atoms with Crippen LogP contribution in [0, 0.1) is 6.92 Å². The van der Waals surface area contributed by atoms with Gasteiger partial charge in [0.25, 0.3) is 17.0 Å². The third-order valence-corrected chi connectivity index (χ3v) is 5.46. The van der Waals surface area contributed by atoms with Crippen molar-refractivity contribution in [2.75, 3.05) is 0 Å². The maximum atomic E-state index is 13.1. The molecule has 0 amide bonds. The molecule has 0 fully saturated rings. The van der Waals surface area contributed by atoms with Crippen LogP contribution >= 0.6 is 0 Å². The van der Waals surface area contributed by atoms with Gasteiger partial charge in [-0.25, -0.2) is 13.2 Å². The summed E-state index contributed by atoms with van der Waals surface area (Å²) in [4.78, 5) is 23.4. The number of rotatable bonds is 5. The van der Waals surface area contributed by atoms with E-state index in [1.54, 1.807) is 18.5 Å². The van der Waals surface area contributed by atoms with Crippen molar-refractivity contribution in [2.24, 2.45) is 0 Å². The molecule has 0 spiro atoms. The van der Waals surface area contributed by atoms with Crippen molar-refractivity contribution in [3.05, 3.63) is 128 Å². The first-order valence-electron chi connectivity index (χ1n) is 11.2. The molecule has 4 aromatic rings. The Morgan fingerprint density at radius 1 is 0.714 bits per heavy atom. The summed E-state index contributed by atoms with van der Waals surface area (Å²) >= 11 is 0. The van der Waals surface area contributed by atoms with E-state index in [1.807, 2.05) is 31.2 Å². The van der Waals surface area contributed by atoms with E-state index in [2.05, 4.69) is 6.92 Å². The number of nitrogens with zero attached hydrogens (tertiary/aromatic N) is 2. The van der Waals surface area contributed by atoms with E-state index < -0.39 is 12.6 Å². The molecular weight excluding hydrogens is 453 g/mol. The Bertz CT molecular complexity index is 1380. The molecule has 0 N–H and O–H groups in total. The normalized spacial score (nSPS) is 11.0. The van der Waals surface area contributed by atoms with Crippen molar-refractivity contribution in [1.29, 1.82) is 0 Å². The maximum absolute atomic E-state index is 13.1. The molecule has 0 unspecified atom stereocenters. The van der Waals surface area contributed by atoms with E-state index >= 15 is 0 Å². The first kappa shape index (κ1) is 25.7. The molecule has 0 aliphatic rings. The summed E-state index contributed by atoms with van der Waals surface area (Å²) < 4.78 is 41.6. The Kier molecular flexibility index (Phi) is 8.12. The SMILES string of the molecule is CCc1ccc(-n2cc(CF)ccc2=O)cc1.Cc1ccc(=O)n(-c2ccc(C(C)(F)F)cc2)c1. The summed E-state index contributed by atoms with van der Waals surface area (Å²) in [5, 5.41) is 0. The quantitative estimate of drug-likeness (QED) is 0.345. The van der Waals surface area contributed by atoms with Gasteiger partial charge in [0.15, 0.2) is 0 Å². The van der Waals surface area contributed by atoms with Crippen molar-refractivity contribution in [3.63, 3.8) is 0 Å². The van der Waals surface area contributed by atoms with E-state index in [-0.39, 0.29) is 16.7 Å². The molecule has 0 saturated heterocycles. The first-order valence-corrected chi connectivity index (χ1v) is 11.2. The van der Waals surface area contributed by atoms with E-state index in [0.29, 0.717) is 11.3 Å². The summed E-state index contributed by atoms with van der Waals surface area (Å²) in [7, 11) is 0. The fourth-order valence-electron chi connectivity index (χ4n) is 3.41. The minimum absolute atomic E-state index is 0.0630. The van der Waals surface area contributed by atoms with Crippen LogP contribution in [0.4, 0.5) is 13.2 Å². The Hall–Kier alpha value is -3.87. The number of hydrogen-bond donors (Lipinski definition) is 0. The van der Waals surface area contributed by atoms with Crippen LogP contribution in [-0.4, -0.2) is 9.13 Å². The Labute approximate surface area is 201 Å². The molecule has 0 atom stereocenters. The van der Waals surface area contributed by atoms with Gasteiger partial charge in [-0.2, -0.15) is 0 Å². The van der Waals surface area contributed by atoms with Gasteiger partial charge in [-0.3, -0.25) is 18.7 Å². The van der Waals surface area contributed by atoms with Gasteiger partial charge in [-0.05, 0) is 60.4 Å². The zero-order valence-corrected chi connectivity index (χ0v) is 19.8. The average molecular weight is 481 g/mol. The number of alkyl halides is 3. The fraction of sp³-hybridized carbons (Fsp3) is 0.214. The lowest BCUT2D eigenvalue weighted by Crippen LogP contribution is -2.16. The van der Waals surface area contributed by atoms with Crippen LogP contribution in [0.25, 0.3) is 11.4 Å². The average Bonchev–Trinajstić information content (AvgIpc) is 2.86. The Balaban J connectivity index is 0.000000196. The van der Waals surface area contributed by atoms with E-state index in [9.17, 15) is 22.8 Å². The number of aromatic nitrogens is 2. The molecule has 0 radical (unpaired) electrons. The highest BCUT2D eigenvalue weighted by Crippen LogP contribution is 2.27. The fourth-order valence-corrected chi connectivity index (χ4v) is 3.41. The number of pyridine rings is 2. The lowest BCUT2D eigenvalue weighted by molar-refractivity contribution is 0.0175. The van der Waals surface area contributed by atoms with Crippen molar-refractivity contribution >= 4 is 0 Å². The molecule has 0 aliphatic carbocycles. The Morgan fingerprint density at radius 3 is 1.71 bits per heavy atom. The predicted molar refractivity (Wildman–Crippen MR) is 133 cm³/mol. The largest absolute Gasteiger partial charge is 0.284 e. The monoisotopic (exact) mass is 480 g/mol. The lowest BCUT2D eigenvalue weighted by atomic mass is 10.1. The minimum Gasteiger partial charge on any atom is -0.284 e. The lowest BCUT2D eigenvalue weighted by Gasteiger charge is -2.12. The van der Waals surface area contributed by atoms with Gasteiger partial charge in [0.2, 0.25) is 0 Å². The third-order valence-electron chi connectivity index (χ3n) is 5.46. The predicted octanol–water partition coefficient (Wildman–Crippen LogP) is 6.13. The van der Waals surface area contributed by atoms with Crippen LogP contribution in [0.5, 0.6) is 0 Å². The molecule has 7 heteroatoms. The van der Waals surface area contributed by atoms with Crippen molar-refractivity contribution in [2.45, 2.75) is 39.8 Å².